The molecule has 2 saturated heterocycles. The zero-order valence-electron chi connectivity index (χ0n) is 14.4. The molecule has 0 aromatic heterocycles. The van der Waals surface area contributed by atoms with Gasteiger partial charge >= 0.3 is 23.9 Å². The van der Waals surface area contributed by atoms with Crippen LogP contribution in [0.1, 0.15) is 55.2 Å². The van der Waals surface area contributed by atoms with E-state index in [0.717, 1.165) is 16.7 Å². The molecule has 0 radical (unpaired) electrons. The first-order valence-electron chi connectivity index (χ1n) is 8.56. The summed E-state index contributed by atoms with van der Waals surface area (Å²) in [6.45, 7) is 5.90. The Labute approximate surface area is 145 Å². The number of cyclic esters (lactones) is 4. The van der Waals surface area contributed by atoms with Crippen LogP contribution in [0.3, 0.4) is 0 Å². The first kappa shape index (κ1) is 17.3. The topological polar surface area (TPSA) is 86.7 Å². The lowest BCUT2D eigenvalue weighted by Gasteiger charge is -2.33. The summed E-state index contributed by atoms with van der Waals surface area (Å²) in [4.78, 5) is 47.4. The van der Waals surface area contributed by atoms with E-state index in [1.165, 1.54) is 0 Å². The van der Waals surface area contributed by atoms with Gasteiger partial charge in [-0.1, -0.05) is 37.6 Å². The van der Waals surface area contributed by atoms with Gasteiger partial charge in [0.15, 0.2) is 0 Å². The smallest absolute Gasteiger partial charge is 0.321 e. The average molecular weight is 344 g/mol. The Morgan fingerprint density at radius 1 is 0.840 bits per heavy atom. The minimum absolute atomic E-state index is 0.0111. The van der Waals surface area contributed by atoms with Gasteiger partial charge in [-0.2, -0.15) is 0 Å². The zero-order valence-corrected chi connectivity index (χ0v) is 14.4. The number of aryl methyl sites for hydroxylation is 1. The summed E-state index contributed by atoms with van der Waals surface area (Å²) in [5.41, 5.74) is 2.52. The summed E-state index contributed by atoms with van der Waals surface area (Å²) in [6, 6.07) is 5.63. The molecule has 132 valence electrons. The van der Waals surface area contributed by atoms with Gasteiger partial charge in [0.1, 0.15) is 0 Å². The quantitative estimate of drug-likeness (QED) is 0.574. The van der Waals surface area contributed by atoms with Gasteiger partial charge in [0, 0.05) is 0 Å². The first-order valence-corrected chi connectivity index (χ1v) is 8.56. The monoisotopic (exact) mass is 344 g/mol. The third-order valence-electron chi connectivity index (χ3n) is 5.03. The predicted octanol–water partition coefficient (Wildman–Crippen LogP) is 2.38. The maximum Gasteiger partial charge on any atom is 0.321 e. The Morgan fingerprint density at radius 2 is 1.52 bits per heavy atom. The molecule has 0 saturated carbocycles. The number of fused-ring (bicyclic) bond motifs is 3. The molecule has 6 heteroatoms. The molecule has 0 bridgehead atoms. The summed E-state index contributed by atoms with van der Waals surface area (Å²) < 4.78 is 9.47. The SMILES string of the molecule is CC.Cc1ccc2c(c1)C1C(=O)OC(=O)C1CC2C1CC(=O)OC1=O. The number of hydrogen-bond acceptors (Lipinski definition) is 6. The molecule has 2 aliphatic heterocycles. The Balaban J connectivity index is 0.000000880. The second kappa shape index (κ2) is 6.43. The van der Waals surface area contributed by atoms with Crippen molar-refractivity contribution in [3.05, 3.63) is 34.9 Å². The molecular formula is C19H20O6. The van der Waals surface area contributed by atoms with Crippen molar-refractivity contribution in [2.75, 3.05) is 0 Å². The van der Waals surface area contributed by atoms with Crippen LogP contribution in [-0.2, 0) is 28.7 Å². The summed E-state index contributed by atoms with van der Waals surface area (Å²) in [6.07, 6.45) is 0.329. The number of rotatable bonds is 1. The van der Waals surface area contributed by atoms with Crippen LogP contribution >= 0.6 is 0 Å². The van der Waals surface area contributed by atoms with E-state index in [9.17, 15) is 19.2 Å². The van der Waals surface area contributed by atoms with E-state index in [-0.39, 0.29) is 12.3 Å². The summed E-state index contributed by atoms with van der Waals surface area (Å²) in [5, 5.41) is 0. The fourth-order valence-electron chi connectivity index (χ4n) is 4.00. The molecule has 3 aliphatic rings. The van der Waals surface area contributed by atoms with Crippen LogP contribution in [0.25, 0.3) is 0 Å². The zero-order chi connectivity index (χ0) is 18.3. The van der Waals surface area contributed by atoms with Gasteiger partial charge in [-0.05, 0) is 30.4 Å². The highest BCUT2D eigenvalue weighted by molar-refractivity contribution is 6.01. The summed E-state index contributed by atoms with van der Waals surface area (Å²) in [5.74, 6) is -4.29. The molecule has 2 heterocycles. The molecule has 1 aromatic carbocycles. The molecule has 1 aliphatic carbocycles. The van der Waals surface area contributed by atoms with Crippen LogP contribution in [0.2, 0.25) is 0 Å². The van der Waals surface area contributed by atoms with E-state index < -0.39 is 41.6 Å². The maximum absolute atomic E-state index is 12.0. The lowest BCUT2D eigenvalue weighted by molar-refractivity contribution is -0.155. The number of ether oxygens (including phenoxy) is 2. The molecular weight excluding hydrogens is 324 g/mol. The number of carbonyl (C=O) groups excluding carboxylic acids is 4. The van der Waals surface area contributed by atoms with Crippen LogP contribution in [-0.4, -0.2) is 23.9 Å². The first-order chi connectivity index (χ1) is 12.0. The largest absolute Gasteiger partial charge is 0.393 e. The highest BCUT2D eigenvalue weighted by Gasteiger charge is 2.53. The van der Waals surface area contributed by atoms with Crippen molar-refractivity contribution in [3.63, 3.8) is 0 Å². The molecule has 4 atom stereocenters. The lowest BCUT2D eigenvalue weighted by Crippen LogP contribution is -2.31. The van der Waals surface area contributed by atoms with Crippen LogP contribution in [0.5, 0.6) is 0 Å². The fraction of sp³-hybridized carbons (Fsp3) is 0.474. The Morgan fingerprint density at radius 3 is 2.16 bits per heavy atom. The Kier molecular flexibility index (Phi) is 4.45. The normalized spacial score (nSPS) is 30.0. The van der Waals surface area contributed by atoms with Gasteiger partial charge in [-0.25, -0.2) is 0 Å². The van der Waals surface area contributed by atoms with Crippen molar-refractivity contribution >= 4 is 23.9 Å². The lowest BCUT2D eigenvalue weighted by atomic mass is 9.67. The van der Waals surface area contributed by atoms with E-state index in [0.29, 0.717) is 6.42 Å². The van der Waals surface area contributed by atoms with Crippen molar-refractivity contribution in [2.45, 2.75) is 45.4 Å². The van der Waals surface area contributed by atoms with E-state index >= 15 is 0 Å². The van der Waals surface area contributed by atoms with Gasteiger partial charge in [-0.15, -0.1) is 0 Å². The van der Waals surface area contributed by atoms with Gasteiger partial charge in [0.2, 0.25) is 0 Å². The second-order valence-electron chi connectivity index (χ2n) is 6.40. The van der Waals surface area contributed by atoms with Crippen molar-refractivity contribution in [2.24, 2.45) is 11.8 Å². The highest BCUT2D eigenvalue weighted by atomic mass is 16.6. The van der Waals surface area contributed by atoms with E-state index in [1.807, 2.05) is 39.0 Å². The third-order valence-corrected chi connectivity index (χ3v) is 5.03. The Bertz CT molecular complexity index is 765. The van der Waals surface area contributed by atoms with E-state index in [1.54, 1.807) is 0 Å². The molecule has 6 nitrogen and oxygen atoms in total. The summed E-state index contributed by atoms with van der Waals surface area (Å²) in [7, 11) is 0. The van der Waals surface area contributed by atoms with Crippen LogP contribution in [0.15, 0.2) is 18.2 Å². The van der Waals surface area contributed by atoms with Gasteiger partial charge in [-0.3, -0.25) is 19.2 Å². The minimum Gasteiger partial charge on any atom is -0.393 e. The average Bonchev–Trinajstić information content (AvgIpc) is 3.07. The summed E-state index contributed by atoms with van der Waals surface area (Å²) >= 11 is 0. The highest BCUT2D eigenvalue weighted by Crippen LogP contribution is 2.51. The minimum atomic E-state index is -0.609. The molecule has 25 heavy (non-hydrogen) atoms. The number of carbonyl (C=O) groups is 4. The van der Waals surface area contributed by atoms with E-state index in [2.05, 4.69) is 4.74 Å². The van der Waals surface area contributed by atoms with Crippen LogP contribution < -0.4 is 0 Å². The van der Waals surface area contributed by atoms with Crippen LogP contribution in [0, 0.1) is 18.8 Å². The maximum atomic E-state index is 12.0. The molecule has 4 rings (SSSR count). The molecule has 0 spiro atoms. The second-order valence-corrected chi connectivity index (χ2v) is 6.40. The molecule has 1 aromatic rings. The number of esters is 4. The Hall–Kier alpha value is -2.50. The predicted molar refractivity (Wildman–Crippen MR) is 86.4 cm³/mol. The van der Waals surface area contributed by atoms with Crippen molar-refractivity contribution in [1.82, 2.24) is 0 Å². The van der Waals surface area contributed by atoms with E-state index in [4.69, 9.17) is 4.74 Å². The fourth-order valence-corrected chi connectivity index (χ4v) is 4.00. The third kappa shape index (κ3) is 2.75. The van der Waals surface area contributed by atoms with Gasteiger partial charge < -0.3 is 9.47 Å². The number of benzene rings is 1. The van der Waals surface area contributed by atoms with Gasteiger partial charge in [0.05, 0.1) is 24.2 Å². The number of hydrogen-bond donors (Lipinski definition) is 0. The van der Waals surface area contributed by atoms with Crippen LogP contribution in [0.4, 0.5) is 0 Å². The van der Waals surface area contributed by atoms with Crippen molar-refractivity contribution in [3.8, 4) is 0 Å². The van der Waals surface area contributed by atoms with Crippen molar-refractivity contribution < 1.29 is 28.7 Å². The van der Waals surface area contributed by atoms with Gasteiger partial charge in [0.25, 0.3) is 0 Å². The molecule has 0 amide bonds. The molecule has 2 fully saturated rings. The molecule has 4 unspecified atom stereocenters. The molecule has 0 N–H and O–H groups in total. The van der Waals surface area contributed by atoms with Crippen molar-refractivity contribution in [1.29, 1.82) is 0 Å². The standard InChI is InChI=1S/C17H14O6.C2H6/c1-7-2-3-8-9(11-6-13(18)22-15(11)19)5-12-14(10(8)4-7)17(21)23-16(12)20;1-2/h2-4,9,11-12,14H,5-6H2,1H3;1-2H3.